The van der Waals surface area contributed by atoms with Crippen molar-refractivity contribution in [2.45, 2.75) is 26.1 Å². The summed E-state index contributed by atoms with van der Waals surface area (Å²) in [6.45, 7) is 2.47. The quantitative estimate of drug-likeness (QED) is 0.612. The van der Waals surface area contributed by atoms with Crippen molar-refractivity contribution in [1.29, 1.82) is 0 Å². The number of methoxy groups -OCH3 is 2. The fourth-order valence-electron chi connectivity index (χ4n) is 3.88. The van der Waals surface area contributed by atoms with Gasteiger partial charge in [0.25, 0.3) is 11.8 Å². The molecule has 170 valence electrons. The van der Waals surface area contributed by atoms with Crippen molar-refractivity contribution in [2.75, 3.05) is 19.5 Å². The number of carbonyl (C=O) groups excluding carboxylic acids is 2. The SMILES string of the molecule is COc1ccccc1CN1Cc2cc(NC(=O)c3ccccc3OC)ccc2OC(C)C1=O. The first-order valence-corrected chi connectivity index (χ1v) is 10.6. The van der Waals surface area contributed by atoms with E-state index in [0.717, 1.165) is 16.9 Å². The van der Waals surface area contributed by atoms with Gasteiger partial charge in [-0.3, -0.25) is 9.59 Å². The summed E-state index contributed by atoms with van der Waals surface area (Å²) in [5.74, 6) is 1.44. The van der Waals surface area contributed by atoms with Gasteiger partial charge in [-0.05, 0) is 43.3 Å². The van der Waals surface area contributed by atoms with Crippen LogP contribution in [0.5, 0.6) is 17.2 Å². The number of carbonyl (C=O) groups is 2. The highest BCUT2D eigenvalue weighted by molar-refractivity contribution is 6.06. The lowest BCUT2D eigenvalue weighted by Gasteiger charge is -2.23. The van der Waals surface area contributed by atoms with Crippen molar-refractivity contribution in [1.82, 2.24) is 4.90 Å². The fraction of sp³-hybridized carbons (Fsp3) is 0.231. The molecule has 0 saturated heterocycles. The van der Waals surface area contributed by atoms with Gasteiger partial charge in [0.15, 0.2) is 6.10 Å². The Hall–Kier alpha value is -4.00. The first-order chi connectivity index (χ1) is 16.0. The molecule has 4 rings (SSSR count). The molecule has 1 N–H and O–H groups in total. The van der Waals surface area contributed by atoms with E-state index in [1.54, 1.807) is 49.3 Å². The van der Waals surface area contributed by atoms with Crippen molar-refractivity contribution in [3.63, 3.8) is 0 Å². The molecular weight excluding hydrogens is 420 g/mol. The number of para-hydroxylation sites is 2. The number of nitrogens with zero attached hydrogens (tertiary/aromatic N) is 1. The molecule has 33 heavy (non-hydrogen) atoms. The van der Waals surface area contributed by atoms with E-state index in [0.29, 0.717) is 35.8 Å². The van der Waals surface area contributed by atoms with Gasteiger partial charge >= 0.3 is 0 Å². The molecule has 0 aliphatic carbocycles. The third-order valence-corrected chi connectivity index (χ3v) is 5.55. The average Bonchev–Trinajstić information content (AvgIpc) is 2.95. The van der Waals surface area contributed by atoms with E-state index in [2.05, 4.69) is 5.32 Å². The molecule has 3 aromatic carbocycles. The van der Waals surface area contributed by atoms with Crippen LogP contribution in [0.25, 0.3) is 0 Å². The number of hydrogen-bond donors (Lipinski definition) is 1. The van der Waals surface area contributed by atoms with Gasteiger partial charge in [0.05, 0.1) is 19.8 Å². The van der Waals surface area contributed by atoms with Crippen LogP contribution in [-0.2, 0) is 17.9 Å². The molecule has 0 saturated carbocycles. The minimum Gasteiger partial charge on any atom is -0.496 e. The van der Waals surface area contributed by atoms with Gasteiger partial charge < -0.3 is 24.4 Å². The lowest BCUT2D eigenvalue weighted by molar-refractivity contribution is -0.138. The summed E-state index contributed by atoms with van der Waals surface area (Å²) in [7, 11) is 3.14. The van der Waals surface area contributed by atoms with Crippen LogP contribution >= 0.6 is 0 Å². The minimum absolute atomic E-state index is 0.114. The van der Waals surface area contributed by atoms with Crippen LogP contribution in [0.4, 0.5) is 5.69 Å². The lowest BCUT2D eigenvalue weighted by atomic mass is 10.1. The largest absolute Gasteiger partial charge is 0.496 e. The van der Waals surface area contributed by atoms with Crippen molar-refractivity contribution >= 4 is 17.5 Å². The zero-order valence-corrected chi connectivity index (χ0v) is 18.8. The number of ether oxygens (including phenoxy) is 3. The smallest absolute Gasteiger partial charge is 0.263 e. The molecule has 0 aromatic heterocycles. The highest BCUT2D eigenvalue weighted by atomic mass is 16.5. The molecule has 3 aromatic rings. The monoisotopic (exact) mass is 446 g/mol. The topological polar surface area (TPSA) is 77.1 Å². The summed E-state index contributed by atoms with van der Waals surface area (Å²) in [5, 5.41) is 2.91. The van der Waals surface area contributed by atoms with Crippen LogP contribution < -0.4 is 19.5 Å². The molecule has 0 spiro atoms. The van der Waals surface area contributed by atoms with Crippen LogP contribution in [0, 0.1) is 0 Å². The number of rotatable bonds is 6. The minimum atomic E-state index is -0.630. The normalized spacial score (nSPS) is 15.2. The van der Waals surface area contributed by atoms with E-state index in [9.17, 15) is 9.59 Å². The fourth-order valence-corrected chi connectivity index (χ4v) is 3.88. The molecule has 1 aliphatic heterocycles. The molecule has 1 aliphatic rings. The average molecular weight is 447 g/mol. The zero-order chi connectivity index (χ0) is 23.4. The predicted molar refractivity (Wildman–Crippen MR) is 125 cm³/mol. The molecule has 1 heterocycles. The summed E-state index contributed by atoms with van der Waals surface area (Å²) in [5.41, 5.74) is 2.75. The third-order valence-electron chi connectivity index (χ3n) is 5.55. The third kappa shape index (κ3) is 4.77. The van der Waals surface area contributed by atoms with Crippen molar-refractivity contribution < 1.29 is 23.8 Å². The molecule has 0 radical (unpaired) electrons. The Balaban J connectivity index is 1.59. The van der Waals surface area contributed by atoms with E-state index in [4.69, 9.17) is 14.2 Å². The number of anilines is 1. The van der Waals surface area contributed by atoms with Crippen molar-refractivity contribution in [3.8, 4) is 17.2 Å². The molecule has 1 unspecified atom stereocenters. The Kier molecular flexibility index (Phi) is 6.49. The standard InChI is InChI=1S/C26H26N2O5/c1-17-26(30)28(15-18-8-4-6-10-22(18)31-2)16-19-14-20(12-13-23(19)33-17)27-25(29)21-9-5-7-11-24(21)32-3/h4-14,17H,15-16H2,1-3H3,(H,27,29). The van der Waals surface area contributed by atoms with Gasteiger partial charge in [0.2, 0.25) is 0 Å². The Labute approximate surface area is 192 Å². The van der Waals surface area contributed by atoms with Crippen LogP contribution in [0.15, 0.2) is 66.7 Å². The van der Waals surface area contributed by atoms with Gasteiger partial charge in [0, 0.05) is 29.9 Å². The first-order valence-electron chi connectivity index (χ1n) is 10.6. The molecule has 7 nitrogen and oxygen atoms in total. The molecule has 7 heteroatoms. The van der Waals surface area contributed by atoms with Crippen LogP contribution in [0.3, 0.4) is 0 Å². The summed E-state index contributed by atoms with van der Waals surface area (Å²) < 4.78 is 16.7. The van der Waals surface area contributed by atoms with Gasteiger partial charge in [0.1, 0.15) is 17.2 Å². The van der Waals surface area contributed by atoms with Crippen molar-refractivity contribution in [3.05, 3.63) is 83.4 Å². The molecular formula is C26H26N2O5. The number of hydrogen-bond acceptors (Lipinski definition) is 5. The number of amides is 2. The highest BCUT2D eigenvalue weighted by Gasteiger charge is 2.28. The van der Waals surface area contributed by atoms with Gasteiger partial charge in [-0.25, -0.2) is 0 Å². The molecule has 0 bridgehead atoms. The second-order valence-corrected chi connectivity index (χ2v) is 7.74. The predicted octanol–water partition coefficient (Wildman–Crippen LogP) is 4.27. The van der Waals surface area contributed by atoms with E-state index in [-0.39, 0.29) is 11.8 Å². The number of nitrogens with one attached hydrogen (secondary N) is 1. The Morgan fingerprint density at radius 3 is 2.48 bits per heavy atom. The van der Waals surface area contributed by atoms with E-state index >= 15 is 0 Å². The van der Waals surface area contributed by atoms with Crippen molar-refractivity contribution in [2.24, 2.45) is 0 Å². The molecule has 2 amide bonds. The molecule has 0 fully saturated rings. The van der Waals surface area contributed by atoms with Gasteiger partial charge in [-0.2, -0.15) is 0 Å². The van der Waals surface area contributed by atoms with Gasteiger partial charge in [-0.15, -0.1) is 0 Å². The molecule has 1 atom stereocenters. The highest BCUT2D eigenvalue weighted by Crippen LogP contribution is 2.31. The van der Waals surface area contributed by atoms with Crippen LogP contribution in [0.1, 0.15) is 28.4 Å². The second-order valence-electron chi connectivity index (χ2n) is 7.74. The maximum atomic E-state index is 13.0. The van der Waals surface area contributed by atoms with E-state index in [1.165, 1.54) is 7.11 Å². The Bertz CT molecular complexity index is 1180. The summed E-state index contributed by atoms with van der Waals surface area (Å²) in [6, 6.07) is 20.0. The second kappa shape index (κ2) is 9.65. The zero-order valence-electron chi connectivity index (χ0n) is 18.8. The van der Waals surface area contributed by atoms with Crippen LogP contribution in [0.2, 0.25) is 0 Å². The Morgan fingerprint density at radius 2 is 1.73 bits per heavy atom. The lowest BCUT2D eigenvalue weighted by Crippen LogP contribution is -2.37. The van der Waals surface area contributed by atoms with E-state index in [1.807, 2.05) is 36.4 Å². The summed E-state index contributed by atoms with van der Waals surface area (Å²) in [4.78, 5) is 27.6. The van der Waals surface area contributed by atoms with E-state index < -0.39 is 6.10 Å². The van der Waals surface area contributed by atoms with Crippen LogP contribution in [-0.4, -0.2) is 37.0 Å². The number of benzene rings is 3. The maximum Gasteiger partial charge on any atom is 0.263 e. The maximum absolute atomic E-state index is 13.0. The van der Waals surface area contributed by atoms with Gasteiger partial charge in [-0.1, -0.05) is 30.3 Å². The summed E-state index contributed by atoms with van der Waals surface area (Å²) >= 11 is 0. The first kappa shape index (κ1) is 22.2. The Morgan fingerprint density at radius 1 is 1.03 bits per heavy atom. The summed E-state index contributed by atoms with van der Waals surface area (Å²) in [6.07, 6.45) is -0.630. The number of fused-ring (bicyclic) bond motifs is 1.